The first kappa shape index (κ1) is 16.1. The van der Waals surface area contributed by atoms with E-state index < -0.39 is 0 Å². The third-order valence-electron chi connectivity index (χ3n) is 2.85. The number of anilines is 1. The van der Waals surface area contributed by atoms with Gasteiger partial charge >= 0.3 is 0 Å². The van der Waals surface area contributed by atoms with Gasteiger partial charge in [-0.1, -0.05) is 19.9 Å². The monoisotopic (exact) mass is 276 g/mol. The van der Waals surface area contributed by atoms with E-state index in [-0.39, 0.29) is 12.5 Å². The number of allylic oxidation sites excluding steroid dienone is 1. The maximum Gasteiger partial charge on any atom is 0.257 e. The number of carbonyl (C=O) groups excluding carboxylic acids is 1. The van der Waals surface area contributed by atoms with Crippen LogP contribution in [0.1, 0.15) is 25.8 Å². The van der Waals surface area contributed by atoms with Crippen molar-refractivity contribution in [2.45, 2.75) is 26.7 Å². The molecule has 1 amide bonds. The highest BCUT2D eigenvalue weighted by Crippen LogP contribution is 2.22. The normalized spacial score (nSPS) is 10.3. The summed E-state index contributed by atoms with van der Waals surface area (Å²) in [5.74, 6) is 1.15. The van der Waals surface area contributed by atoms with Crippen LogP contribution in [0.15, 0.2) is 30.9 Å². The molecule has 0 spiro atoms. The molecule has 3 N–H and O–H groups in total. The molecule has 110 valence electrons. The number of carbonyl (C=O) groups is 1. The molecule has 20 heavy (non-hydrogen) atoms. The first-order chi connectivity index (χ1) is 9.52. The Labute approximate surface area is 121 Å². The molecule has 0 saturated carbocycles. The fourth-order valence-electron chi connectivity index (χ4n) is 1.75. The van der Waals surface area contributed by atoms with Gasteiger partial charge in [0.25, 0.3) is 5.91 Å². The van der Waals surface area contributed by atoms with Crippen molar-refractivity contribution in [3.63, 3.8) is 0 Å². The van der Waals surface area contributed by atoms with Crippen molar-refractivity contribution >= 4 is 11.6 Å². The second-order valence-corrected chi connectivity index (χ2v) is 5.18. The molecule has 0 aliphatic rings. The molecule has 0 bridgehead atoms. The van der Waals surface area contributed by atoms with Crippen molar-refractivity contribution in [3.8, 4) is 5.75 Å². The summed E-state index contributed by atoms with van der Waals surface area (Å²) < 4.78 is 5.55. The molecule has 1 aromatic carbocycles. The maximum atomic E-state index is 11.7. The number of nitrogens with one attached hydrogen (secondary N) is 1. The number of nitrogens with two attached hydrogens (primary N) is 1. The quantitative estimate of drug-likeness (QED) is 0.566. The van der Waals surface area contributed by atoms with E-state index in [1.165, 1.54) is 0 Å². The molecule has 0 fully saturated rings. The molecule has 0 atom stereocenters. The van der Waals surface area contributed by atoms with E-state index in [0.717, 1.165) is 12.0 Å². The average Bonchev–Trinajstić information content (AvgIpc) is 2.37. The lowest BCUT2D eigenvalue weighted by Gasteiger charge is -2.12. The van der Waals surface area contributed by atoms with Gasteiger partial charge in [0.2, 0.25) is 0 Å². The molecule has 1 rings (SSSR count). The van der Waals surface area contributed by atoms with Gasteiger partial charge in [-0.25, -0.2) is 0 Å². The summed E-state index contributed by atoms with van der Waals surface area (Å²) in [7, 11) is 0. The highest BCUT2D eigenvalue weighted by Gasteiger charge is 2.07. The number of rotatable bonds is 8. The summed E-state index contributed by atoms with van der Waals surface area (Å²) >= 11 is 0. The van der Waals surface area contributed by atoms with Gasteiger partial charge in [0, 0.05) is 12.2 Å². The Morgan fingerprint density at radius 1 is 1.50 bits per heavy atom. The highest BCUT2D eigenvalue weighted by molar-refractivity contribution is 5.77. The first-order valence-corrected chi connectivity index (χ1v) is 6.91. The fourth-order valence-corrected chi connectivity index (χ4v) is 1.75. The SMILES string of the molecule is C=CCc1cc(N)ccc1OCC(=O)NCCC(C)C. The van der Waals surface area contributed by atoms with Crippen LogP contribution in [0.3, 0.4) is 0 Å². The molecular formula is C16H24N2O2. The van der Waals surface area contributed by atoms with Crippen molar-refractivity contribution in [1.82, 2.24) is 5.32 Å². The van der Waals surface area contributed by atoms with Crippen molar-refractivity contribution in [2.24, 2.45) is 5.92 Å². The minimum atomic E-state index is -0.105. The highest BCUT2D eigenvalue weighted by atomic mass is 16.5. The Hall–Kier alpha value is -1.97. The topological polar surface area (TPSA) is 64.3 Å². The number of hydrogen-bond donors (Lipinski definition) is 2. The zero-order valence-electron chi connectivity index (χ0n) is 12.3. The number of benzene rings is 1. The van der Waals surface area contributed by atoms with E-state index in [9.17, 15) is 4.79 Å². The predicted molar refractivity (Wildman–Crippen MR) is 82.7 cm³/mol. The zero-order chi connectivity index (χ0) is 15.0. The van der Waals surface area contributed by atoms with Crippen LogP contribution in [0.4, 0.5) is 5.69 Å². The summed E-state index contributed by atoms with van der Waals surface area (Å²) in [4.78, 5) is 11.7. The molecule has 0 heterocycles. The van der Waals surface area contributed by atoms with Crippen LogP contribution in [0, 0.1) is 5.92 Å². The molecule has 0 aromatic heterocycles. The van der Waals surface area contributed by atoms with Crippen molar-refractivity contribution in [2.75, 3.05) is 18.9 Å². The number of nitrogen functional groups attached to an aromatic ring is 1. The van der Waals surface area contributed by atoms with E-state index in [0.29, 0.717) is 30.3 Å². The van der Waals surface area contributed by atoms with E-state index in [1.54, 1.807) is 18.2 Å². The summed E-state index contributed by atoms with van der Waals surface area (Å²) in [5, 5.41) is 2.84. The van der Waals surface area contributed by atoms with Gasteiger partial charge in [-0.15, -0.1) is 6.58 Å². The van der Waals surface area contributed by atoms with Gasteiger partial charge in [0.15, 0.2) is 6.61 Å². The molecule has 0 radical (unpaired) electrons. The second-order valence-electron chi connectivity index (χ2n) is 5.18. The van der Waals surface area contributed by atoms with Crippen molar-refractivity contribution in [1.29, 1.82) is 0 Å². The molecule has 0 saturated heterocycles. The van der Waals surface area contributed by atoms with Crippen LogP contribution in [-0.2, 0) is 11.2 Å². The Morgan fingerprint density at radius 3 is 2.90 bits per heavy atom. The molecule has 4 nitrogen and oxygen atoms in total. The minimum absolute atomic E-state index is 0.0200. The smallest absolute Gasteiger partial charge is 0.257 e. The zero-order valence-corrected chi connectivity index (χ0v) is 12.3. The summed E-state index contributed by atoms with van der Waals surface area (Å²) in [5.41, 5.74) is 7.35. The maximum absolute atomic E-state index is 11.7. The number of ether oxygens (including phenoxy) is 1. The minimum Gasteiger partial charge on any atom is -0.483 e. The Bertz CT molecular complexity index is 456. The third-order valence-corrected chi connectivity index (χ3v) is 2.85. The fraction of sp³-hybridized carbons (Fsp3) is 0.438. The van der Waals surface area contributed by atoms with Crippen LogP contribution < -0.4 is 15.8 Å². The largest absolute Gasteiger partial charge is 0.483 e. The molecule has 0 aliphatic carbocycles. The summed E-state index contributed by atoms with van der Waals surface area (Å²) in [6, 6.07) is 5.39. The van der Waals surface area contributed by atoms with E-state index in [4.69, 9.17) is 10.5 Å². The lowest BCUT2D eigenvalue weighted by molar-refractivity contribution is -0.123. The lowest BCUT2D eigenvalue weighted by atomic mass is 10.1. The Kier molecular flexibility index (Phi) is 6.64. The van der Waals surface area contributed by atoms with Crippen molar-refractivity contribution in [3.05, 3.63) is 36.4 Å². The summed E-state index contributed by atoms with van der Waals surface area (Å²) in [6.07, 6.45) is 3.41. The molecule has 0 unspecified atom stereocenters. The van der Waals surface area contributed by atoms with E-state index in [2.05, 4.69) is 25.7 Å². The molecule has 4 heteroatoms. The molecule has 1 aromatic rings. The van der Waals surface area contributed by atoms with Gasteiger partial charge in [-0.3, -0.25) is 4.79 Å². The standard InChI is InChI=1S/C16H24N2O2/c1-4-5-13-10-14(17)6-7-15(13)20-11-16(19)18-9-8-12(2)3/h4,6-7,10,12H,1,5,8-9,11,17H2,2-3H3,(H,18,19). The Balaban J connectivity index is 2.48. The summed E-state index contributed by atoms with van der Waals surface area (Å²) in [6.45, 7) is 8.65. The average molecular weight is 276 g/mol. The number of hydrogen-bond acceptors (Lipinski definition) is 3. The van der Waals surface area contributed by atoms with Crippen LogP contribution in [0.5, 0.6) is 5.75 Å². The number of amides is 1. The van der Waals surface area contributed by atoms with Gasteiger partial charge in [0.05, 0.1) is 0 Å². The van der Waals surface area contributed by atoms with Crippen LogP contribution in [-0.4, -0.2) is 19.1 Å². The molecule has 0 aliphatic heterocycles. The van der Waals surface area contributed by atoms with E-state index in [1.807, 2.05) is 6.07 Å². The second kappa shape index (κ2) is 8.25. The lowest BCUT2D eigenvalue weighted by Crippen LogP contribution is -2.30. The van der Waals surface area contributed by atoms with E-state index >= 15 is 0 Å². The van der Waals surface area contributed by atoms with Gasteiger partial charge in [-0.05, 0) is 42.5 Å². The van der Waals surface area contributed by atoms with Gasteiger partial charge in [0.1, 0.15) is 5.75 Å². The van der Waals surface area contributed by atoms with Crippen LogP contribution >= 0.6 is 0 Å². The predicted octanol–water partition coefficient (Wildman–Crippen LogP) is 2.54. The van der Waals surface area contributed by atoms with Gasteiger partial charge in [-0.2, -0.15) is 0 Å². The van der Waals surface area contributed by atoms with Crippen LogP contribution in [0.2, 0.25) is 0 Å². The Morgan fingerprint density at radius 2 is 2.25 bits per heavy atom. The first-order valence-electron chi connectivity index (χ1n) is 6.91. The van der Waals surface area contributed by atoms with Gasteiger partial charge < -0.3 is 15.8 Å². The third kappa shape index (κ3) is 5.78. The van der Waals surface area contributed by atoms with Crippen LogP contribution in [0.25, 0.3) is 0 Å². The molecular weight excluding hydrogens is 252 g/mol. The van der Waals surface area contributed by atoms with Crippen molar-refractivity contribution < 1.29 is 9.53 Å².